The molecule has 0 radical (unpaired) electrons. The number of carbonyl (C=O) groups is 1. The number of sulfonamides is 1. The Kier molecular flexibility index (Phi) is 4.39. The second-order valence-corrected chi connectivity index (χ2v) is 7.49. The average molecular weight is 310 g/mol. The summed E-state index contributed by atoms with van der Waals surface area (Å²) in [5.74, 6) is 0.363. The fourth-order valence-electron chi connectivity index (χ4n) is 2.80. The van der Waals surface area contributed by atoms with Crippen molar-refractivity contribution in [1.82, 2.24) is 4.90 Å². The third-order valence-corrected chi connectivity index (χ3v) is 5.15. The number of rotatable bonds is 2. The Hall–Kier alpha value is -1.40. The van der Waals surface area contributed by atoms with Crippen molar-refractivity contribution < 1.29 is 13.2 Å². The Morgan fingerprint density at radius 1 is 1.33 bits per heavy atom. The Bertz CT molecular complexity index is 668. The molecule has 2 rings (SSSR count). The molecular formula is C15H22N2O3S. The highest BCUT2D eigenvalue weighted by Crippen LogP contribution is 2.23. The molecule has 1 saturated heterocycles. The third-order valence-electron chi connectivity index (χ3n) is 4.12. The van der Waals surface area contributed by atoms with Gasteiger partial charge in [0.25, 0.3) is 5.91 Å². The van der Waals surface area contributed by atoms with Crippen molar-refractivity contribution in [2.24, 2.45) is 11.1 Å². The third kappa shape index (κ3) is 3.44. The lowest BCUT2D eigenvalue weighted by Crippen LogP contribution is -2.39. The van der Waals surface area contributed by atoms with E-state index in [1.165, 1.54) is 6.07 Å². The van der Waals surface area contributed by atoms with Crippen molar-refractivity contribution in [2.75, 3.05) is 13.1 Å². The molecule has 1 aliphatic heterocycles. The van der Waals surface area contributed by atoms with Gasteiger partial charge in [0, 0.05) is 18.7 Å². The molecular weight excluding hydrogens is 288 g/mol. The smallest absolute Gasteiger partial charge is 0.253 e. The molecule has 1 amide bonds. The molecule has 1 aliphatic rings. The molecule has 1 aromatic carbocycles. The van der Waals surface area contributed by atoms with Crippen LogP contribution in [0.15, 0.2) is 17.0 Å². The zero-order valence-corrected chi connectivity index (χ0v) is 13.5. The molecule has 0 saturated carbocycles. The first kappa shape index (κ1) is 16.0. The van der Waals surface area contributed by atoms with E-state index in [-0.39, 0.29) is 10.8 Å². The molecule has 21 heavy (non-hydrogen) atoms. The Balaban J connectivity index is 2.40. The maximum absolute atomic E-state index is 12.6. The molecule has 1 aromatic rings. The highest BCUT2D eigenvalue weighted by Gasteiger charge is 2.24. The highest BCUT2D eigenvalue weighted by atomic mass is 32.2. The summed E-state index contributed by atoms with van der Waals surface area (Å²) in [6, 6.07) is 3.14. The minimum atomic E-state index is -3.82. The number of piperidine rings is 1. The summed E-state index contributed by atoms with van der Waals surface area (Å²) in [6.07, 6.45) is 2.11. The topological polar surface area (TPSA) is 80.5 Å². The van der Waals surface area contributed by atoms with Gasteiger partial charge in [-0.2, -0.15) is 0 Å². The quantitative estimate of drug-likeness (QED) is 0.905. The second-order valence-electron chi connectivity index (χ2n) is 5.96. The normalized spacial score (nSPS) is 19.6. The first-order valence-corrected chi connectivity index (χ1v) is 8.68. The summed E-state index contributed by atoms with van der Waals surface area (Å²) in [5.41, 5.74) is 1.76. The van der Waals surface area contributed by atoms with Crippen LogP contribution in [0.5, 0.6) is 0 Å². The monoisotopic (exact) mass is 310 g/mol. The van der Waals surface area contributed by atoms with Gasteiger partial charge in [0.1, 0.15) is 0 Å². The van der Waals surface area contributed by atoms with Gasteiger partial charge in [0.15, 0.2) is 0 Å². The number of benzene rings is 1. The SMILES string of the molecule is Cc1cc(C(=O)N2CCCC(C)C2)cc(S(N)(=O)=O)c1C. The second kappa shape index (κ2) is 5.77. The van der Waals surface area contributed by atoms with E-state index in [1.807, 2.05) is 0 Å². The van der Waals surface area contributed by atoms with Gasteiger partial charge in [0.2, 0.25) is 10.0 Å². The van der Waals surface area contributed by atoms with Crippen LogP contribution in [0.25, 0.3) is 0 Å². The van der Waals surface area contributed by atoms with Crippen LogP contribution in [-0.4, -0.2) is 32.3 Å². The van der Waals surface area contributed by atoms with E-state index in [9.17, 15) is 13.2 Å². The predicted octanol–water partition coefficient (Wildman–Crippen LogP) is 1.82. The number of likely N-dealkylation sites (tertiary alicyclic amines) is 1. The number of aryl methyl sites for hydroxylation is 1. The first-order valence-electron chi connectivity index (χ1n) is 7.13. The lowest BCUT2D eigenvalue weighted by atomic mass is 9.99. The molecule has 1 fully saturated rings. The van der Waals surface area contributed by atoms with Crippen molar-refractivity contribution >= 4 is 15.9 Å². The zero-order chi connectivity index (χ0) is 15.8. The molecule has 116 valence electrons. The van der Waals surface area contributed by atoms with E-state index in [0.29, 0.717) is 17.0 Å². The summed E-state index contributed by atoms with van der Waals surface area (Å²) in [6.45, 7) is 7.05. The van der Waals surface area contributed by atoms with Gasteiger partial charge in [-0.25, -0.2) is 13.6 Å². The van der Waals surface area contributed by atoms with Gasteiger partial charge in [0.05, 0.1) is 4.90 Å². The number of hydrogen-bond donors (Lipinski definition) is 1. The molecule has 6 heteroatoms. The summed E-state index contributed by atoms with van der Waals surface area (Å²) >= 11 is 0. The van der Waals surface area contributed by atoms with E-state index in [2.05, 4.69) is 6.92 Å². The van der Waals surface area contributed by atoms with Crippen molar-refractivity contribution in [3.8, 4) is 0 Å². The van der Waals surface area contributed by atoms with Crippen molar-refractivity contribution in [3.63, 3.8) is 0 Å². The van der Waals surface area contributed by atoms with Crippen LogP contribution in [-0.2, 0) is 10.0 Å². The molecule has 0 aromatic heterocycles. The van der Waals surface area contributed by atoms with E-state index < -0.39 is 10.0 Å². The maximum Gasteiger partial charge on any atom is 0.253 e. The van der Waals surface area contributed by atoms with Gasteiger partial charge in [-0.15, -0.1) is 0 Å². The fraction of sp³-hybridized carbons (Fsp3) is 0.533. The van der Waals surface area contributed by atoms with E-state index in [1.54, 1.807) is 24.8 Å². The van der Waals surface area contributed by atoms with Crippen LogP contribution in [0.3, 0.4) is 0 Å². The minimum absolute atomic E-state index is 0.0379. The van der Waals surface area contributed by atoms with Crippen LogP contribution >= 0.6 is 0 Å². The van der Waals surface area contributed by atoms with E-state index in [0.717, 1.165) is 31.5 Å². The molecule has 2 N–H and O–H groups in total. The fourth-order valence-corrected chi connectivity index (χ4v) is 3.68. The number of carbonyl (C=O) groups excluding carboxylic acids is 1. The molecule has 1 heterocycles. The largest absolute Gasteiger partial charge is 0.338 e. The Labute approximate surface area is 126 Å². The van der Waals surface area contributed by atoms with Crippen LogP contribution < -0.4 is 5.14 Å². The number of nitrogens with zero attached hydrogens (tertiary/aromatic N) is 1. The van der Waals surface area contributed by atoms with Gasteiger partial charge in [-0.1, -0.05) is 6.92 Å². The van der Waals surface area contributed by atoms with Gasteiger partial charge in [-0.05, 0) is 55.9 Å². The maximum atomic E-state index is 12.6. The van der Waals surface area contributed by atoms with Crippen molar-refractivity contribution in [1.29, 1.82) is 0 Å². The Morgan fingerprint density at radius 3 is 2.57 bits per heavy atom. The summed E-state index contributed by atoms with van der Waals surface area (Å²) < 4.78 is 23.3. The minimum Gasteiger partial charge on any atom is -0.338 e. The number of amides is 1. The molecule has 0 spiro atoms. The number of hydrogen-bond acceptors (Lipinski definition) is 3. The van der Waals surface area contributed by atoms with Crippen molar-refractivity contribution in [2.45, 2.75) is 38.5 Å². The van der Waals surface area contributed by atoms with Crippen LogP contribution in [0, 0.1) is 19.8 Å². The summed E-state index contributed by atoms with van der Waals surface area (Å²) in [4.78, 5) is 14.4. The molecule has 0 aliphatic carbocycles. The van der Waals surface area contributed by atoms with Gasteiger partial charge < -0.3 is 4.90 Å². The number of nitrogens with two attached hydrogens (primary N) is 1. The summed E-state index contributed by atoms with van der Waals surface area (Å²) in [5, 5.41) is 5.24. The lowest BCUT2D eigenvalue weighted by Gasteiger charge is -2.31. The van der Waals surface area contributed by atoms with E-state index in [4.69, 9.17) is 5.14 Å². The molecule has 5 nitrogen and oxygen atoms in total. The lowest BCUT2D eigenvalue weighted by molar-refractivity contribution is 0.0682. The summed E-state index contributed by atoms with van der Waals surface area (Å²) in [7, 11) is -3.82. The first-order chi connectivity index (χ1) is 9.70. The zero-order valence-electron chi connectivity index (χ0n) is 12.7. The molecule has 1 unspecified atom stereocenters. The van der Waals surface area contributed by atoms with Crippen LogP contribution in [0.1, 0.15) is 41.3 Å². The standard InChI is InChI=1S/C15H22N2O3S/c1-10-5-4-6-17(9-10)15(18)13-7-11(2)12(3)14(8-13)21(16,19)20/h7-8,10H,4-6,9H2,1-3H3,(H2,16,19,20). The highest BCUT2D eigenvalue weighted by molar-refractivity contribution is 7.89. The molecule has 1 atom stereocenters. The molecule has 0 bridgehead atoms. The number of primary sulfonamides is 1. The van der Waals surface area contributed by atoms with E-state index >= 15 is 0 Å². The van der Waals surface area contributed by atoms with Crippen molar-refractivity contribution in [3.05, 3.63) is 28.8 Å². The van der Waals surface area contributed by atoms with Gasteiger partial charge >= 0.3 is 0 Å². The van der Waals surface area contributed by atoms with Crippen LogP contribution in [0.4, 0.5) is 0 Å². The predicted molar refractivity (Wildman–Crippen MR) is 81.6 cm³/mol. The Morgan fingerprint density at radius 2 is 2.00 bits per heavy atom. The van der Waals surface area contributed by atoms with Crippen LogP contribution in [0.2, 0.25) is 0 Å². The van der Waals surface area contributed by atoms with Gasteiger partial charge in [-0.3, -0.25) is 4.79 Å². The average Bonchev–Trinajstić information content (AvgIpc) is 2.39.